The van der Waals surface area contributed by atoms with E-state index in [1.807, 2.05) is 18.2 Å². The molecule has 0 amide bonds. The number of hydrogen-bond donors (Lipinski definition) is 1. The van der Waals surface area contributed by atoms with Crippen LogP contribution in [0.2, 0.25) is 0 Å². The summed E-state index contributed by atoms with van der Waals surface area (Å²) >= 11 is 0. The molecular formula is C9H10N4O. The van der Waals surface area contributed by atoms with Gasteiger partial charge in [0.25, 0.3) is 0 Å². The lowest BCUT2D eigenvalue weighted by Crippen LogP contribution is -2.04. The van der Waals surface area contributed by atoms with Crippen molar-refractivity contribution in [2.45, 2.75) is 6.54 Å². The highest BCUT2D eigenvalue weighted by Gasteiger charge is 2.01. The molecule has 72 valence electrons. The molecular weight excluding hydrogens is 180 g/mol. The molecule has 5 heteroatoms. The number of benzene rings is 1. The molecule has 0 unspecified atom stereocenters. The van der Waals surface area contributed by atoms with Crippen molar-refractivity contribution in [3.05, 3.63) is 24.0 Å². The molecule has 1 aromatic carbocycles. The van der Waals surface area contributed by atoms with E-state index in [4.69, 9.17) is 10.5 Å². The topological polar surface area (TPSA) is 73.9 Å². The van der Waals surface area contributed by atoms with Crippen molar-refractivity contribution in [1.82, 2.24) is 15.2 Å². The van der Waals surface area contributed by atoms with Crippen LogP contribution in [0.25, 0.3) is 11.0 Å². The van der Waals surface area contributed by atoms with Crippen molar-refractivity contribution >= 4 is 11.0 Å². The van der Waals surface area contributed by atoms with Crippen LogP contribution in [0.15, 0.2) is 18.2 Å². The second kappa shape index (κ2) is 3.55. The van der Waals surface area contributed by atoms with Crippen LogP contribution >= 0.6 is 0 Å². The first kappa shape index (κ1) is 8.83. The summed E-state index contributed by atoms with van der Waals surface area (Å²) in [6.07, 6.45) is 0. The molecule has 2 rings (SSSR count). The van der Waals surface area contributed by atoms with Gasteiger partial charge in [-0.2, -0.15) is 0 Å². The van der Waals surface area contributed by atoms with Crippen LogP contribution in [-0.2, 0) is 6.54 Å². The monoisotopic (exact) mass is 190 g/mol. The third kappa shape index (κ3) is 1.49. The summed E-state index contributed by atoms with van der Waals surface area (Å²) in [4.78, 5) is 4.22. The molecule has 1 heterocycles. The normalized spacial score (nSPS) is 10.4. The number of rotatable bonds is 2. The largest absolute Gasteiger partial charge is 0.497 e. The molecule has 14 heavy (non-hydrogen) atoms. The minimum absolute atomic E-state index is 0.292. The van der Waals surface area contributed by atoms with Gasteiger partial charge in [-0.1, -0.05) is 0 Å². The highest BCUT2D eigenvalue weighted by atomic mass is 16.5. The summed E-state index contributed by atoms with van der Waals surface area (Å²) in [5.41, 5.74) is 6.90. The Labute approximate surface area is 80.9 Å². The molecule has 0 aliphatic carbocycles. The van der Waals surface area contributed by atoms with Gasteiger partial charge in [0.2, 0.25) is 0 Å². The Morgan fingerprint density at radius 3 is 2.86 bits per heavy atom. The highest BCUT2D eigenvalue weighted by molar-refractivity contribution is 5.75. The molecule has 5 nitrogen and oxygen atoms in total. The van der Waals surface area contributed by atoms with Gasteiger partial charge in [0.1, 0.15) is 11.3 Å². The van der Waals surface area contributed by atoms with Crippen LogP contribution in [0.1, 0.15) is 5.82 Å². The van der Waals surface area contributed by atoms with E-state index >= 15 is 0 Å². The van der Waals surface area contributed by atoms with E-state index in [2.05, 4.69) is 15.2 Å². The molecule has 0 atom stereocenters. The number of methoxy groups -OCH3 is 1. The molecule has 0 bridgehead atoms. The Morgan fingerprint density at radius 2 is 2.14 bits per heavy atom. The minimum Gasteiger partial charge on any atom is -0.497 e. The zero-order valence-electron chi connectivity index (χ0n) is 7.77. The lowest BCUT2D eigenvalue weighted by atomic mass is 10.3. The first-order chi connectivity index (χ1) is 6.83. The smallest absolute Gasteiger partial charge is 0.165 e. The van der Waals surface area contributed by atoms with Crippen LogP contribution < -0.4 is 10.5 Å². The maximum Gasteiger partial charge on any atom is 0.165 e. The molecule has 0 aliphatic rings. The van der Waals surface area contributed by atoms with Gasteiger partial charge >= 0.3 is 0 Å². The van der Waals surface area contributed by atoms with Crippen molar-refractivity contribution in [2.75, 3.05) is 7.11 Å². The summed E-state index contributed by atoms with van der Waals surface area (Å²) in [5.74, 6) is 1.28. The quantitative estimate of drug-likeness (QED) is 0.746. The van der Waals surface area contributed by atoms with Crippen LogP contribution in [0.4, 0.5) is 0 Å². The number of aromatic nitrogens is 3. The predicted molar refractivity (Wildman–Crippen MR) is 51.8 cm³/mol. The Bertz CT molecular complexity index is 419. The van der Waals surface area contributed by atoms with Crippen LogP contribution in [0.5, 0.6) is 5.75 Å². The summed E-state index contributed by atoms with van der Waals surface area (Å²) in [6, 6.07) is 5.44. The fourth-order valence-electron chi connectivity index (χ4n) is 1.16. The summed E-state index contributed by atoms with van der Waals surface area (Å²) in [7, 11) is 1.61. The van der Waals surface area contributed by atoms with Gasteiger partial charge in [-0.05, 0) is 12.1 Å². The Kier molecular flexibility index (Phi) is 2.24. The number of nitrogens with two attached hydrogens (primary N) is 1. The van der Waals surface area contributed by atoms with Crippen molar-refractivity contribution in [1.29, 1.82) is 0 Å². The maximum absolute atomic E-state index is 5.42. The molecule has 0 radical (unpaired) electrons. The Morgan fingerprint density at radius 1 is 1.29 bits per heavy atom. The molecule has 0 spiro atoms. The summed E-state index contributed by atoms with van der Waals surface area (Å²) < 4.78 is 5.08. The number of nitrogens with zero attached hydrogens (tertiary/aromatic N) is 3. The van der Waals surface area contributed by atoms with E-state index in [0.29, 0.717) is 12.4 Å². The van der Waals surface area contributed by atoms with Crippen molar-refractivity contribution < 1.29 is 4.74 Å². The third-order valence-corrected chi connectivity index (χ3v) is 1.89. The van der Waals surface area contributed by atoms with Crippen LogP contribution in [0, 0.1) is 0 Å². The van der Waals surface area contributed by atoms with Gasteiger partial charge in [0.05, 0.1) is 19.2 Å². The van der Waals surface area contributed by atoms with Gasteiger partial charge in [0, 0.05) is 6.07 Å². The number of fused-ring (bicyclic) bond motifs is 1. The third-order valence-electron chi connectivity index (χ3n) is 1.89. The van der Waals surface area contributed by atoms with Gasteiger partial charge in [-0.3, -0.25) is 0 Å². The van der Waals surface area contributed by atoms with E-state index in [1.165, 1.54) is 0 Å². The van der Waals surface area contributed by atoms with Gasteiger partial charge in [0.15, 0.2) is 5.82 Å². The Balaban J connectivity index is 2.60. The van der Waals surface area contributed by atoms with Crippen molar-refractivity contribution in [3.8, 4) is 5.75 Å². The van der Waals surface area contributed by atoms with Crippen molar-refractivity contribution in [3.63, 3.8) is 0 Å². The molecule has 0 saturated carbocycles. The van der Waals surface area contributed by atoms with Crippen molar-refractivity contribution in [2.24, 2.45) is 5.73 Å². The average molecular weight is 190 g/mol. The first-order valence-electron chi connectivity index (χ1n) is 4.21. The molecule has 0 saturated heterocycles. The van der Waals surface area contributed by atoms with E-state index in [-0.39, 0.29) is 0 Å². The molecule has 2 N–H and O–H groups in total. The van der Waals surface area contributed by atoms with Crippen LogP contribution in [-0.4, -0.2) is 22.3 Å². The SMILES string of the molecule is COc1ccc2nnc(CN)nc2c1. The van der Waals surface area contributed by atoms with E-state index < -0.39 is 0 Å². The Hall–Kier alpha value is -1.75. The lowest BCUT2D eigenvalue weighted by Gasteiger charge is -2.01. The second-order valence-electron chi connectivity index (χ2n) is 2.79. The highest BCUT2D eigenvalue weighted by Crippen LogP contribution is 2.16. The summed E-state index contributed by atoms with van der Waals surface area (Å²) in [6.45, 7) is 0.292. The fraction of sp³-hybridized carbons (Fsp3) is 0.222. The fourth-order valence-corrected chi connectivity index (χ4v) is 1.16. The number of ether oxygens (including phenoxy) is 1. The lowest BCUT2D eigenvalue weighted by molar-refractivity contribution is 0.415. The van der Waals surface area contributed by atoms with E-state index in [0.717, 1.165) is 16.8 Å². The zero-order valence-corrected chi connectivity index (χ0v) is 7.77. The van der Waals surface area contributed by atoms with Gasteiger partial charge < -0.3 is 10.5 Å². The molecule has 1 aromatic heterocycles. The maximum atomic E-state index is 5.42. The average Bonchev–Trinajstić information content (AvgIpc) is 2.27. The van der Waals surface area contributed by atoms with Gasteiger partial charge in [-0.25, -0.2) is 4.98 Å². The van der Waals surface area contributed by atoms with Gasteiger partial charge in [-0.15, -0.1) is 10.2 Å². The molecule has 2 aromatic rings. The van der Waals surface area contributed by atoms with E-state index in [9.17, 15) is 0 Å². The zero-order chi connectivity index (χ0) is 9.97. The minimum atomic E-state index is 0.292. The van der Waals surface area contributed by atoms with E-state index in [1.54, 1.807) is 7.11 Å². The molecule has 0 fully saturated rings. The predicted octanol–water partition coefficient (Wildman–Crippen LogP) is 0.492. The molecule has 0 aliphatic heterocycles. The summed E-state index contributed by atoms with van der Waals surface area (Å²) in [5, 5.41) is 7.83. The standard InChI is InChI=1S/C9H10N4O/c1-14-6-2-3-7-8(4-6)11-9(5-10)13-12-7/h2-4H,5,10H2,1H3. The van der Waals surface area contributed by atoms with Crippen LogP contribution in [0.3, 0.4) is 0 Å². The number of hydrogen-bond acceptors (Lipinski definition) is 5. The first-order valence-corrected chi connectivity index (χ1v) is 4.21. The second-order valence-corrected chi connectivity index (χ2v) is 2.79.